The van der Waals surface area contributed by atoms with Gasteiger partial charge in [0, 0.05) is 22.8 Å². The third kappa shape index (κ3) is 7.96. The van der Waals surface area contributed by atoms with Crippen molar-refractivity contribution in [2.45, 2.75) is 63.3 Å². The zero-order valence-electron chi connectivity index (χ0n) is 18.8. The summed E-state index contributed by atoms with van der Waals surface area (Å²) in [6.45, 7) is 2.40. The normalized spacial score (nSPS) is 15.2. The molecular weight excluding hydrogens is 484 g/mol. The summed E-state index contributed by atoms with van der Waals surface area (Å²) in [7, 11) is 0. The maximum Gasteiger partial charge on any atom is 0.242 e. The van der Waals surface area contributed by atoms with Gasteiger partial charge in [-0.1, -0.05) is 77.7 Å². The fraction of sp³-hybridized carbons (Fsp3) is 0.462. The van der Waals surface area contributed by atoms with E-state index in [-0.39, 0.29) is 17.9 Å². The van der Waals surface area contributed by atoms with E-state index in [1.54, 1.807) is 16.7 Å². The van der Waals surface area contributed by atoms with Crippen molar-refractivity contribution in [2.75, 3.05) is 12.3 Å². The molecule has 2 aromatic rings. The minimum Gasteiger partial charge on any atom is -0.352 e. The first-order valence-electron chi connectivity index (χ1n) is 11.5. The van der Waals surface area contributed by atoms with Gasteiger partial charge in [0.05, 0.1) is 5.75 Å². The molecule has 172 valence electrons. The Balaban J connectivity index is 1.59. The van der Waals surface area contributed by atoms with E-state index in [4.69, 9.17) is 0 Å². The van der Waals surface area contributed by atoms with Crippen molar-refractivity contribution in [1.82, 2.24) is 10.2 Å². The molecule has 32 heavy (non-hydrogen) atoms. The van der Waals surface area contributed by atoms with Crippen molar-refractivity contribution in [1.29, 1.82) is 0 Å². The largest absolute Gasteiger partial charge is 0.352 e. The lowest BCUT2D eigenvalue weighted by atomic mass is 9.95. The van der Waals surface area contributed by atoms with Crippen LogP contribution in [0.4, 0.5) is 0 Å². The zero-order chi connectivity index (χ0) is 22.8. The molecule has 1 N–H and O–H groups in total. The Hall–Kier alpha value is -1.79. The van der Waals surface area contributed by atoms with Gasteiger partial charge in [-0.25, -0.2) is 0 Å². The van der Waals surface area contributed by atoms with Crippen molar-refractivity contribution < 1.29 is 9.59 Å². The van der Waals surface area contributed by atoms with Crippen LogP contribution in [0.2, 0.25) is 0 Å². The van der Waals surface area contributed by atoms with Crippen LogP contribution in [0, 0.1) is 0 Å². The lowest BCUT2D eigenvalue weighted by Gasteiger charge is -2.31. The van der Waals surface area contributed by atoms with Gasteiger partial charge in [0.2, 0.25) is 11.8 Å². The summed E-state index contributed by atoms with van der Waals surface area (Å²) in [5.74, 6) is 1.13. The van der Waals surface area contributed by atoms with Gasteiger partial charge < -0.3 is 10.2 Å². The molecule has 1 saturated carbocycles. The molecule has 0 aromatic heterocycles. The van der Waals surface area contributed by atoms with Crippen LogP contribution in [0.3, 0.4) is 0 Å². The van der Waals surface area contributed by atoms with Crippen LogP contribution in [0.5, 0.6) is 0 Å². The van der Waals surface area contributed by atoms with Crippen LogP contribution in [0.1, 0.15) is 50.2 Å². The number of hydrogen-bond donors (Lipinski definition) is 1. The Morgan fingerprint density at radius 2 is 1.72 bits per heavy atom. The first-order chi connectivity index (χ1) is 15.5. The van der Waals surface area contributed by atoms with Crippen molar-refractivity contribution in [3.05, 3.63) is 70.2 Å². The molecule has 2 aromatic carbocycles. The number of nitrogens with zero attached hydrogens (tertiary/aromatic N) is 1. The smallest absolute Gasteiger partial charge is 0.242 e. The van der Waals surface area contributed by atoms with Crippen LogP contribution in [0.25, 0.3) is 0 Å². The monoisotopic (exact) mass is 516 g/mol. The first kappa shape index (κ1) is 24.8. The lowest BCUT2D eigenvalue weighted by molar-refractivity contribution is -0.138. The number of rotatable bonds is 10. The molecule has 0 bridgehead atoms. The number of thioether (sulfide) groups is 1. The van der Waals surface area contributed by atoms with E-state index in [9.17, 15) is 9.59 Å². The summed E-state index contributed by atoms with van der Waals surface area (Å²) in [6.07, 6.45) is 6.41. The summed E-state index contributed by atoms with van der Waals surface area (Å²) in [5.41, 5.74) is 2.36. The predicted molar refractivity (Wildman–Crippen MR) is 137 cm³/mol. The molecule has 1 aliphatic rings. The Bertz CT molecular complexity index is 854. The maximum atomic E-state index is 13.2. The van der Waals surface area contributed by atoms with Crippen LogP contribution in [-0.2, 0) is 21.8 Å². The predicted octanol–water partition coefficient (Wildman–Crippen LogP) is 5.59. The van der Waals surface area contributed by atoms with E-state index >= 15 is 0 Å². The van der Waals surface area contributed by atoms with E-state index in [1.165, 1.54) is 30.4 Å². The van der Waals surface area contributed by atoms with E-state index in [1.807, 2.05) is 37.3 Å². The van der Waals surface area contributed by atoms with Gasteiger partial charge in [0.25, 0.3) is 0 Å². The second-order valence-corrected chi connectivity index (χ2v) is 10.4. The van der Waals surface area contributed by atoms with Crippen LogP contribution >= 0.6 is 27.7 Å². The fourth-order valence-corrected chi connectivity index (χ4v) is 5.19. The van der Waals surface area contributed by atoms with E-state index in [0.29, 0.717) is 12.3 Å². The van der Waals surface area contributed by atoms with Crippen LogP contribution < -0.4 is 5.32 Å². The van der Waals surface area contributed by atoms with Gasteiger partial charge in [-0.3, -0.25) is 9.59 Å². The lowest BCUT2D eigenvalue weighted by Crippen LogP contribution is -2.51. The Kier molecular flexibility index (Phi) is 10.1. The van der Waals surface area contributed by atoms with Crippen molar-refractivity contribution in [2.24, 2.45) is 0 Å². The second kappa shape index (κ2) is 13.0. The van der Waals surface area contributed by atoms with Crippen molar-refractivity contribution >= 4 is 39.5 Å². The Labute approximate surface area is 204 Å². The standard InChI is InChI=1S/C26H33BrN2O2S/c1-20(26(31)28-24-10-6-3-7-11-24)29(17-16-21-8-4-2-5-9-21)25(30)19-32-18-22-12-14-23(27)15-13-22/h2,4-5,8-9,12-15,20,24H,3,6-7,10-11,16-19H2,1H3,(H,28,31)/t20-/m1/s1. The first-order valence-corrected chi connectivity index (χ1v) is 13.4. The van der Waals surface area contributed by atoms with E-state index in [0.717, 1.165) is 29.5 Å². The van der Waals surface area contributed by atoms with Gasteiger partial charge in [-0.2, -0.15) is 0 Å². The zero-order valence-corrected chi connectivity index (χ0v) is 21.2. The number of carbonyl (C=O) groups is 2. The molecule has 4 nitrogen and oxygen atoms in total. The second-order valence-electron chi connectivity index (χ2n) is 8.46. The minimum absolute atomic E-state index is 0.0225. The van der Waals surface area contributed by atoms with E-state index in [2.05, 4.69) is 45.5 Å². The number of halogens is 1. The topological polar surface area (TPSA) is 49.4 Å². The quantitative estimate of drug-likeness (QED) is 0.447. The van der Waals surface area contributed by atoms with Gasteiger partial charge in [-0.05, 0) is 49.4 Å². The molecule has 0 unspecified atom stereocenters. The van der Waals surface area contributed by atoms with Gasteiger partial charge >= 0.3 is 0 Å². The number of benzene rings is 2. The summed E-state index contributed by atoms with van der Waals surface area (Å²) < 4.78 is 1.05. The highest BCUT2D eigenvalue weighted by Gasteiger charge is 2.27. The van der Waals surface area contributed by atoms with Gasteiger partial charge in [0.15, 0.2) is 0 Å². The highest BCUT2D eigenvalue weighted by molar-refractivity contribution is 9.10. The van der Waals surface area contributed by atoms with Gasteiger partial charge in [0.1, 0.15) is 6.04 Å². The molecule has 0 saturated heterocycles. The van der Waals surface area contributed by atoms with Crippen LogP contribution in [0.15, 0.2) is 59.1 Å². The minimum atomic E-state index is -0.471. The highest BCUT2D eigenvalue weighted by atomic mass is 79.9. The summed E-state index contributed by atoms with van der Waals surface area (Å²) >= 11 is 5.05. The highest BCUT2D eigenvalue weighted by Crippen LogP contribution is 2.19. The molecule has 6 heteroatoms. The molecule has 2 amide bonds. The molecule has 0 radical (unpaired) electrons. The molecule has 0 spiro atoms. The Morgan fingerprint density at radius 1 is 1.03 bits per heavy atom. The van der Waals surface area contributed by atoms with Gasteiger partial charge in [-0.15, -0.1) is 11.8 Å². The fourth-order valence-electron chi connectivity index (χ4n) is 4.06. The number of carbonyl (C=O) groups excluding carboxylic acids is 2. The molecule has 0 aliphatic heterocycles. The third-order valence-corrected chi connectivity index (χ3v) is 7.53. The average molecular weight is 518 g/mol. The molecule has 3 rings (SSSR count). The summed E-state index contributed by atoms with van der Waals surface area (Å²) in [5, 5.41) is 3.20. The average Bonchev–Trinajstić information content (AvgIpc) is 2.81. The number of nitrogens with one attached hydrogen (secondary N) is 1. The van der Waals surface area contributed by atoms with E-state index < -0.39 is 6.04 Å². The molecule has 0 heterocycles. The SMILES string of the molecule is C[C@H](C(=O)NC1CCCCC1)N(CCc1ccccc1)C(=O)CSCc1ccc(Br)cc1. The molecule has 1 atom stereocenters. The summed E-state index contributed by atoms with van der Waals surface area (Å²) in [4.78, 5) is 27.9. The Morgan fingerprint density at radius 3 is 2.41 bits per heavy atom. The third-order valence-electron chi connectivity index (χ3n) is 6.01. The number of amides is 2. The summed E-state index contributed by atoms with van der Waals surface area (Å²) in [6, 6.07) is 18.1. The number of hydrogen-bond acceptors (Lipinski definition) is 3. The maximum absolute atomic E-state index is 13.2. The van der Waals surface area contributed by atoms with Crippen molar-refractivity contribution in [3.8, 4) is 0 Å². The molecular formula is C26H33BrN2O2S. The molecule has 1 aliphatic carbocycles. The van der Waals surface area contributed by atoms with Crippen molar-refractivity contribution in [3.63, 3.8) is 0 Å². The molecule has 1 fully saturated rings. The van der Waals surface area contributed by atoms with Crippen LogP contribution in [-0.4, -0.2) is 41.1 Å².